The Morgan fingerprint density at radius 1 is 1.08 bits per heavy atom. The zero-order valence-electron chi connectivity index (χ0n) is 14.7. The highest BCUT2D eigenvalue weighted by molar-refractivity contribution is 7.89. The zero-order valence-corrected chi connectivity index (χ0v) is 15.5. The van der Waals surface area contributed by atoms with Gasteiger partial charge in [-0.1, -0.05) is 12.5 Å². The highest BCUT2D eigenvalue weighted by atomic mass is 32.2. The standard InChI is InChI=1S/C18H26N2O4S/c1-24-16-8-12-19(13-9-16)18(21)15-6-5-7-17(14-15)25(22,23)20-10-3-2-4-11-20/h5-7,14,16H,2-4,8-13H2,1H3. The molecule has 1 aromatic carbocycles. The van der Waals surface area contributed by atoms with Crippen molar-refractivity contribution in [2.24, 2.45) is 0 Å². The second kappa shape index (κ2) is 7.85. The first kappa shape index (κ1) is 18.4. The molecule has 2 fully saturated rings. The Hall–Kier alpha value is -1.44. The highest BCUT2D eigenvalue weighted by Gasteiger charge is 2.28. The fraction of sp³-hybridized carbons (Fsp3) is 0.611. The number of hydrogen-bond donors (Lipinski definition) is 0. The van der Waals surface area contributed by atoms with Crippen molar-refractivity contribution in [2.75, 3.05) is 33.3 Å². The number of amides is 1. The number of nitrogens with zero attached hydrogens (tertiary/aromatic N) is 2. The van der Waals surface area contributed by atoms with Crippen LogP contribution in [0.15, 0.2) is 29.2 Å². The summed E-state index contributed by atoms with van der Waals surface area (Å²) in [5.74, 6) is -0.106. The summed E-state index contributed by atoms with van der Waals surface area (Å²) in [6, 6.07) is 6.46. The van der Waals surface area contributed by atoms with Crippen LogP contribution in [-0.4, -0.2) is 62.9 Å². The molecule has 0 radical (unpaired) electrons. The van der Waals surface area contributed by atoms with Gasteiger partial charge in [-0.15, -0.1) is 0 Å². The van der Waals surface area contributed by atoms with Gasteiger partial charge in [0, 0.05) is 38.9 Å². The SMILES string of the molecule is COC1CCN(C(=O)c2cccc(S(=O)(=O)N3CCCCC3)c2)CC1. The van der Waals surface area contributed by atoms with Crippen LogP contribution < -0.4 is 0 Å². The van der Waals surface area contributed by atoms with E-state index >= 15 is 0 Å². The van der Waals surface area contributed by atoms with Crippen molar-refractivity contribution in [1.82, 2.24) is 9.21 Å². The summed E-state index contributed by atoms with van der Waals surface area (Å²) < 4.78 is 32.5. The first-order valence-electron chi connectivity index (χ1n) is 8.94. The van der Waals surface area contributed by atoms with E-state index < -0.39 is 10.0 Å². The number of sulfonamides is 1. The van der Waals surface area contributed by atoms with Crippen molar-refractivity contribution >= 4 is 15.9 Å². The van der Waals surface area contributed by atoms with E-state index in [2.05, 4.69) is 0 Å². The Labute approximate surface area is 149 Å². The summed E-state index contributed by atoms with van der Waals surface area (Å²) in [5, 5.41) is 0. The normalized spacial score (nSPS) is 20.6. The summed E-state index contributed by atoms with van der Waals surface area (Å²) in [6.45, 7) is 2.40. The quantitative estimate of drug-likeness (QED) is 0.819. The van der Waals surface area contributed by atoms with Crippen LogP contribution in [0.4, 0.5) is 0 Å². The average Bonchev–Trinajstić information content (AvgIpc) is 2.68. The van der Waals surface area contributed by atoms with Crippen molar-refractivity contribution in [2.45, 2.75) is 43.1 Å². The monoisotopic (exact) mass is 366 g/mol. The molecule has 7 heteroatoms. The number of hydrogen-bond acceptors (Lipinski definition) is 4. The lowest BCUT2D eigenvalue weighted by atomic mass is 10.1. The molecule has 0 aliphatic carbocycles. The summed E-state index contributed by atoms with van der Waals surface area (Å²) >= 11 is 0. The van der Waals surface area contributed by atoms with Gasteiger partial charge in [0.05, 0.1) is 11.0 Å². The Kier molecular flexibility index (Phi) is 5.76. The van der Waals surface area contributed by atoms with Gasteiger partial charge >= 0.3 is 0 Å². The van der Waals surface area contributed by atoms with E-state index in [1.54, 1.807) is 30.2 Å². The maximum absolute atomic E-state index is 12.8. The number of rotatable bonds is 4. The van der Waals surface area contributed by atoms with Crippen LogP contribution in [0.3, 0.4) is 0 Å². The summed E-state index contributed by atoms with van der Waals surface area (Å²) in [4.78, 5) is 14.7. The molecule has 2 aliphatic heterocycles. The first-order chi connectivity index (χ1) is 12.0. The molecule has 0 unspecified atom stereocenters. The molecule has 2 saturated heterocycles. The van der Waals surface area contributed by atoms with Crippen LogP contribution >= 0.6 is 0 Å². The van der Waals surface area contributed by atoms with Gasteiger partial charge in [-0.25, -0.2) is 8.42 Å². The van der Waals surface area contributed by atoms with Crippen LogP contribution in [0.2, 0.25) is 0 Å². The maximum atomic E-state index is 12.8. The van der Waals surface area contributed by atoms with Crippen molar-refractivity contribution in [1.29, 1.82) is 0 Å². The predicted molar refractivity (Wildman–Crippen MR) is 95.0 cm³/mol. The predicted octanol–water partition coefficient (Wildman–Crippen LogP) is 2.11. The van der Waals surface area contributed by atoms with Crippen LogP contribution in [-0.2, 0) is 14.8 Å². The Bertz CT molecular complexity index is 706. The minimum absolute atomic E-state index is 0.106. The fourth-order valence-corrected chi connectivity index (χ4v) is 5.08. The van der Waals surface area contributed by atoms with Gasteiger partial charge in [0.1, 0.15) is 0 Å². The van der Waals surface area contributed by atoms with Gasteiger partial charge in [0.25, 0.3) is 5.91 Å². The lowest BCUT2D eigenvalue weighted by Crippen LogP contribution is -2.40. The van der Waals surface area contributed by atoms with E-state index in [0.717, 1.165) is 32.1 Å². The molecule has 6 nitrogen and oxygen atoms in total. The number of benzene rings is 1. The van der Waals surface area contributed by atoms with E-state index in [0.29, 0.717) is 31.7 Å². The summed E-state index contributed by atoms with van der Waals surface area (Å²) in [7, 11) is -1.83. The molecule has 25 heavy (non-hydrogen) atoms. The van der Waals surface area contributed by atoms with Crippen molar-refractivity contribution in [3.63, 3.8) is 0 Å². The molecular formula is C18H26N2O4S. The van der Waals surface area contributed by atoms with E-state index in [1.165, 1.54) is 10.4 Å². The number of likely N-dealkylation sites (tertiary alicyclic amines) is 1. The molecule has 2 heterocycles. The number of carbonyl (C=O) groups is 1. The minimum Gasteiger partial charge on any atom is -0.381 e. The van der Waals surface area contributed by atoms with Crippen molar-refractivity contribution < 1.29 is 17.9 Å². The molecule has 1 amide bonds. The van der Waals surface area contributed by atoms with Crippen molar-refractivity contribution in [3.05, 3.63) is 29.8 Å². The second-order valence-corrected chi connectivity index (χ2v) is 8.66. The Balaban J connectivity index is 1.76. The molecule has 0 atom stereocenters. The van der Waals surface area contributed by atoms with Gasteiger partial charge in [-0.05, 0) is 43.9 Å². The van der Waals surface area contributed by atoms with Gasteiger partial charge < -0.3 is 9.64 Å². The lowest BCUT2D eigenvalue weighted by Gasteiger charge is -2.31. The number of carbonyl (C=O) groups excluding carboxylic acids is 1. The number of piperidine rings is 2. The summed E-state index contributed by atoms with van der Waals surface area (Å²) in [6.07, 6.45) is 4.69. The second-order valence-electron chi connectivity index (χ2n) is 6.72. The topological polar surface area (TPSA) is 66.9 Å². The molecule has 138 valence electrons. The molecule has 1 aromatic rings. The number of ether oxygens (including phenoxy) is 1. The minimum atomic E-state index is -3.52. The molecule has 0 saturated carbocycles. The lowest BCUT2D eigenvalue weighted by molar-refractivity contribution is 0.0350. The third-order valence-electron chi connectivity index (χ3n) is 5.10. The van der Waals surface area contributed by atoms with Gasteiger partial charge in [0.15, 0.2) is 0 Å². The average molecular weight is 366 g/mol. The van der Waals surface area contributed by atoms with Gasteiger partial charge in [-0.2, -0.15) is 4.31 Å². The van der Waals surface area contributed by atoms with E-state index in [9.17, 15) is 13.2 Å². The molecule has 0 bridgehead atoms. The first-order valence-corrected chi connectivity index (χ1v) is 10.4. The van der Waals surface area contributed by atoms with E-state index in [4.69, 9.17) is 4.74 Å². The van der Waals surface area contributed by atoms with Gasteiger partial charge in [-0.3, -0.25) is 4.79 Å². The molecule has 2 aliphatic rings. The van der Waals surface area contributed by atoms with Crippen LogP contribution in [0.5, 0.6) is 0 Å². The molecule has 0 N–H and O–H groups in total. The van der Waals surface area contributed by atoms with E-state index in [-0.39, 0.29) is 16.9 Å². The van der Waals surface area contributed by atoms with Crippen molar-refractivity contribution in [3.8, 4) is 0 Å². The third-order valence-corrected chi connectivity index (χ3v) is 6.99. The highest BCUT2D eigenvalue weighted by Crippen LogP contribution is 2.22. The third kappa shape index (κ3) is 4.04. The largest absolute Gasteiger partial charge is 0.381 e. The fourth-order valence-electron chi connectivity index (χ4n) is 3.52. The number of methoxy groups -OCH3 is 1. The van der Waals surface area contributed by atoms with Crippen LogP contribution in [0.1, 0.15) is 42.5 Å². The summed E-state index contributed by atoms with van der Waals surface area (Å²) in [5.41, 5.74) is 0.439. The Morgan fingerprint density at radius 2 is 1.76 bits per heavy atom. The van der Waals surface area contributed by atoms with Crippen LogP contribution in [0.25, 0.3) is 0 Å². The van der Waals surface area contributed by atoms with Crippen LogP contribution in [0, 0.1) is 0 Å². The van der Waals surface area contributed by atoms with Gasteiger partial charge in [0.2, 0.25) is 10.0 Å². The zero-order chi connectivity index (χ0) is 17.9. The smallest absolute Gasteiger partial charge is 0.253 e. The molecular weight excluding hydrogens is 340 g/mol. The molecule has 0 aromatic heterocycles. The molecule has 0 spiro atoms. The Morgan fingerprint density at radius 3 is 2.40 bits per heavy atom. The molecule has 3 rings (SSSR count). The van der Waals surface area contributed by atoms with E-state index in [1.807, 2.05) is 0 Å². The maximum Gasteiger partial charge on any atom is 0.253 e.